The van der Waals surface area contributed by atoms with Crippen molar-refractivity contribution in [2.75, 3.05) is 33.7 Å². The molecule has 2 unspecified atom stereocenters. The van der Waals surface area contributed by atoms with Crippen LogP contribution < -0.4 is 11.1 Å². The number of hydrogen-bond acceptors (Lipinski definition) is 3. The lowest BCUT2D eigenvalue weighted by atomic mass is 9.94. The molecule has 13 heavy (non-hydrogen) atoms. The average Bonchev–Trinajstić information content (AvgIpc) is 2.49. The van der Waals surface area contributed by atoms with Gasteiger partial charge in [0.05, 0.1) is 0 Å². The summed E-state index contributed by atoms with van der Waals surface area (Å²) in [5, 5.41) is 3.53. The predicted molar refractivity (Wildman–Crippen MR) is 56.7 cm³/mol. The van der Waals surface area contributed by atoms with E-state index in [9.17, 15) is 0 Å². The Kier molecular flexibility index (Phi) is 4.70. The molecule has 0 aromatic rings. The van der Waals surface area contributed by atoms with Gasteiger partial charge in [0.2, 0.25) is 0 Å². The van der Waals surface area contributed by atoms with Crippen LogP contribution in [0.4, 0.5) is 0 Å². The highest BCUT2D eigenvalue weighted by Crippen LogP contribution is 2.21. The Labute approximate surface area is 81.7 Å². The van der Waals surface area contributed by atoms with E-state index in [-0.39, 0.29) is 0 Å². The van der Waals surface area contributed by atoms with Gasteiger partial charge >= 0.3 is 0 Å². The van der Waals surface area contributed by atoms with Gasteiger partial charge in [-0.2, -0.15) is 0 Å². The second-order valence-electron chi connectivity index (χ2n) is 4.28. The Morgan fingerprint density at radius 1 is 1.38 bits per heavy atom. The van der Waals surface area contributed by atoms with Crippen LogP contribution in [0.2, 0.25) is 0 Å². The Morgan fingerprint density at radius 3 is 2.77 bits per heavy atom. The summed E-state index contributed by atoms with van der Waals surface area (Å²) in [6.45, 7) is 3.20. The molecule has 0 bridgehead atoms. The third-order valence-corrected chi connectivity index (χ3v) is 2.92. The molecule has 0 aliphatic carbocycles. The molecular formula is C10H23N3. The molecule has 3 heteroatoms. The maximum absolute atomic E-state index is 5.58. The molecule has 1 fully saturated rings. The van der Waals surface area contributed by atoms with Gasteiger partial charge in [-0.1, -0.05) is 0 Å². The molecule has 1 saturated heterocycles. The summed E-state index contributed by atoms with van der Waals surface area (Å²) in [7, 11) is 4.28. The van der Waals surface area contributed by atoms with Crippen LogP contribution in [0.15, 0.2) is 0 Å². The molecular weight excluding hydrogens is 162 g/mol. The first-order chi connectivity index (χ1) is 6.24. The van der Waals surface area contributed by atoms with E-state index in [1.165, 1.54) is 25.9 Å². The Hall–Kier alpha value is -0.120. The Balaban J connectivity index is 2.22. The molecule has 3 N–H and O–H groups in total. The minimum absolute atomic E-state index is 0.685. The number of nitrogens with one attached hydrogen (secondary N) is 1. The van der Waals surface area contributed by atoms with Gasteiger partial charge in [-0.05, 0) is 58.9 Å². The van der Waals surface area contributed by atoms with Crippen molar-refractivity contribution in [3.05, 3.63) is 0 Å². The zero-order valence-corrected chi connectivity index (χ0v) is 8.92. The van der Waals surface area contributed by atoms with Crippen molar-refractivity contribution in [3.8, 4) is 0 Å². The molecule has 0 spiro atoms. The third-order valence-electron chi connectivity index (χ3n) is 2.92. The van der Waals surface area contributed by atoms with Crippen LogP contribution in [0, 0.1) is 5.92 Å². The summed E-state index contributed by atoms with van der Waals surface area (Å²) in [6.07, 6.45) is 3.78. The van der Waals surface area contributed by atoms with E-state index >= 15 is 0 Å². The Bertz CT molecular complexity index is 136. The topological polar surface area (TPSA) is 41.3 Å². The summed E-state index contributed by atoms with van der Waals surface area (Å²) < 4.78 is 0. The maximum Gasteiger partial charge on any atom is 0.0108 e. The molecule has 1 rings (SSSR count). The van der Waals surface area contributed by atoms with E-state index < -0.39 is 0 Å². The SMILES string of the molecule is CN(C)CCC1CCNC1CCN. The average molecular weight is 185 g/mol. The van der Waals surface area contributed by atoms with Crippen LogP contribution in [-0.2, 0) is 0 Å². The first-order valence-electron chi connectivity index (χ1n) is 5.32. The van der Waals surface area contributed by atoms with Crippen molar-refractivity contribution >= 4 is 0 Å². The lowest BCUT2D eigenvalue weighted by molar-refractivity contribution is 0.324. The summed E-state index contributed by atoms with van der Waals surface area (Å²) >= 11 is 0. The van der Waals surface area contributed by atoms with Gasteiger partial charge in [-0.25, -0.2) is 0 Å². The summed E-state index contributed by atoms with van der Waals surface area (Å²) in [5.74, 6) is 0.853. The van der Waals surface area contributed by atoms with Gasteiger partial charge in [-0.3, -0.25) is 0 Å². The second-order valence-corrected chi connectivity index (χ2v) is 4.28. The molecule has 1 heterocycles. The van der Waals surface area contributed by atoms with E-state index in [0.29, 0.717) is 6.04 Å². The zero-order valence-electron chi connectivity index (χ0n) is 8.92. The highest BCUT2D eigenvalue weighted by atomic mass is 15.1. The van der Waals surface area contributed by atoms with E-state index in [1.807, 2.05) is 0 Å². The van der Waals surface area contributed by atoms with Crippen molar-refractivity contribution in [2.45, 2.75) is 25.3 Å². The standard InChI is InChI=1S/C10H23N3/c1-13(2)8-5-9-4-7-12-10(9)3-6-11/h9-10,12H,3-8,11H2,1-2H3. The predicted octanol–water partition coefficient (Wildman–Crippen LogP) is 0.265. The largest absolute Gasteiger partial charge is 0.330 e. The van der Waals surface area contributed by atoms with Crippen LogP contribution in [0.1, 0.15) is 19.3 Å². The van der Waals surface area contributed by atoms with Crippen LogP contribution in [0.5, 0.6) is 0 Å². The van der Waals surface area contributed by atoms with Gasteiger partial charge in [0.15, 0.2) is 0 Å². The first kappa shape index (κ1) is 11.0. The van der Waals surface area contributed by atoms with Crippen LogP contribution in [0.25, 0.3) is 0 Å². The lowest BCUT2D eigenvalue weighted by Crippen LogP contribution is -2.31. The fourth-order valence-corrected chi connectivity index (χ4v) is 2.11. The fourth-order valence-electron chi connectivity index (χ4n) is 2.11. The molecule has 78 valence electrons. The smallest absolute Gasteiger partial charge is 0.0108 e. The van der Waals surface area contributed by atoms with Crippen molar-refractivity contribution in [1.29, 1.82) is 0 Å². The Morgan fingerprint density at radius 2 is 2.15 bits per heavy atom. The summed E-state index contributed by atoms with van der Waals surface area (Å²) in [5.41, 5.74) is 5.58. The van der Waals surface area contributed by atoms with E-state index in [1.54, 1.807) is 0 Å². The first-order valence-corrected chi connectivity index (χ1v) is 5.32. The summed E-state index contributed by atoms with van der Waals surface area (Å²) in [6, 6.07) is 0.685. The van der Waals surface area contributed by atoms with E-state index in [0.717, 1.165) is 18.9 Å². The molecule has 0 amide bonds. The van der Waals surface area contributed by atoms with Crippen LogP contribution >= 0.6 is 0 Å². The normalized spacial score (nSPS) is 28.6. The van der Waals surface area contributed by atoms with Gasteiger partial charge in [-0.15, -0.1) is 0 Å². The van der Waals surface area contributed by atoms with Gasteiger partial charge < -0.3 is 16.0 Å². The molecule has 1 aliphatic heterocycles. The molecule has 0 radical (unpaired) electrons. The van der Waals surface area contributed by atoms with Crippen LogP contribution in [0.3, 0.4) is 0 Å². The summed E-state index contributed by atoms with van der Waals surface area (Å²) in [4.78, 5) is 2.26. The van der Waals surface area contributed by atoms with Crippen molar-refractivity contribution in [2.24, 2.45) is 11.7 Å². The number of nitrogens with two attached hydrogens (primary N) is 1. The van der Waals surface area contributed by atoms with Gasteiger partial charge in [0.1, 0.15) is 0 Å². The zero-order chi connectivity index (χ0) is 9.68. The lowest BCUT2D eigenvalue weighted by Gasteiger charge is -2.20. The fraction of sp³-hybridized carbons (Fsp3) is 1.00. The maximum atomic E-state index is 5.58. The third kappa shape index (κ3) is 3.63. The quantitative estimate of drug-likeness (QED) is 0.646. The number of hydrogen-bond donors (Lipinski definition) is 2. The highest BCUT2D eigenvalue weighted by Gasteiger charge is 2.25. The van der Waals surface area contributed by atoms with E-state index in [2.05, 4.69) is 24.3 Å². The van der Waals surface area contributed by atoms with Crippen molar-refractivity contribution in [1.82, 2.24) is 10.2 Å². The highest BCUT2D eigenvalue weighted by molar-refractivity contribution is 4.84. The molecule has 2 atom stereocenters. The molecule has 0 saturated carbocycles. The second kappa shape index (κ2) is 5.58. The molecule has 0 aromatic heterocycles. The van der Waals surface area contributed by atoms with Crippen molar-refractivity contribution in [3.63, 3.8) is 0 Å². The van der Waals surface area contributed by atoms with Gasteiger partial charge in [0, 0.05) is 6.04 Å². The van der Waals surface area contributed by atoms with Crippen LogP contribution in [-0.4, -0.2) is 44.7 Å². The number of rotatable bonds is 5. The van der Waals surface area contributed by atoms with Crippen molar-refractivity contribution < 1.29 is 0 Å². The number of nitrogens with zero attached hydrogens (tertiary/aromatic N) is 1. The van der Waals surface area contributed by atoms with E-state index in [4.69, 9.17) is 5.73 Å². The minimum atomic E-state index is 0.685. The minimum Gasteiger partial charge on any atom is -0.330 e. The van der Waals surface area contributed by atoms with Gasteiger partial charge in [0.25, 0.3) is 0 Å². The molecule has 3 nitrogen and oxygen atoms in total. The monoisotopic (exact) mass is 185 g/mol. The molecule has 1 aliphatic rings. The molecule has 0 aromatic carbocycles.